The van der Waals surface area contributed by atoms with Gasteiger partial charge in [-0.2, -0.15) is 0 Å². The standard InChI is InChI=1S/C18H30N4O2S/c1-5-19-16(20-13-18(2,3)15-7-6-12-25-15)21-14-8-10-22(11-9-14)17(23)24-4/h6-7,12,14H,5,8-11,13H2,1-4H3,(H2,19,20,21). The first-order chi connectivity index (χ1) is 12.0. The molecule has 1 amide bonds. The van der Waals surface area contributed by atoms with Gasteiger partial charge in [0.15, 0.2) is 5.96 Å². The van der Waals surface area contributed by atoms with Crippen molar-refractivity contribution in [3.63, 3.8) is 0 Å². The first-order valence-corrected chi connectivity index (χ1v) is 9.76. The zero-order valence-electron chi connectivity index (χ0n) is 15.7. The van der Waals surface area contributed by atoms with E-state index in [1.165, 1.54) is 12.0 Å². The van der Waals surface area contributed by atoms with Crippen LogP contribution in [0.3, 0.4) is 0 Å². The van der Waals surface area contributed by atoms with Gasteiger partial charge in [0, 0.05) is 36.0 Å². The number of carbonyl (C=O) groups excluding carboxylic acids is 1. The Kier molecular flexibility index (Phi) is 7.11. The molecule has 0 bridgehead atoms. The Morgan fingerprint density at radius 2 is 2.16 bits per heavy atom. The van der Waals surface area contributed by atoms with Crippen LogP contribution in [0, 0.1) is 0 Å². The third-order valence-corrected chi connectivity index (χ3v) is 5.67. The fourth-order valence-electron chi connectivity index (χ4n) is 2.87. The minimum atomic E-state index is -0.239. The second kappa shape index (κ2) is 9.08. The van der Waals surface area contributed by atoms with Crippen LogP contribution >= 0.6 is 11.3 Å². The Morgan fingerprint density at radius 1 is 1.44 bits per heavy atom. The van der Waals surface area contributed by atoms with Crippen molar-refractivity contribution in [2.45, 2.75) is 45.1 Å². The number of thiophene rings is 1. The lowest BCUT2D eigenvalue weighted by molar-refractivity contribution is 0.111. The summed E-state index contributed by atoms with van der Waals surface area (Å²) in [6, 6.07) is 4.58. The van der Waals surface area contributed by atoms with Crippen molar-refractivity contribution in [1.29, 1.82) is 0 Å². The van der Waals surface area contributed by atoms with Crippen molar-refractivity contribution >= 4 is 23.4 Å². The lowest BCUT2D eigenvalue weighted by Gasteiger charge is -2.32. The summed E-state index contributed by atoms with van der Waals surface area (Å²) in [4.78, 5) is 19.5. The monoisotopic (exact) mass is 366 g/mol. The quantitative estimate of drug-likeness (QED) is 0.621. The molecule has 0 radical (unpaired) electrons. The molecule has 1 aliphatic heterocycles. The average molecular weight is 367 g/mol. The predicted molar refractivity (Wildman–Crippen MR) is 103 cm³/mol. The summed E-state index contributed by atoms with van der Waals surface area (Å²) < 4.78 is 4.79. The van der Waals surface area contributed by atoms with E-state index in [0.29, 0.717) is 19.1 Å². The summed E-state index contributed by atoms with van der Waals surface area (Å²) in [7, 11) is 1.43. The Morgan fingerprint density at radius 3 is 2.72 bits per heavy atom. The van der Waals surface area contributed by atoms with Gasteiger partial charge in [0.2, 0.25) is 0 Å². The molecule has 0 aliphatic carbocycles. The molecule has 0 saturated carbocycles. The van der Waals surface area contributed by atoms with Crippen LogP contribution in [-0.2, 0) is 10.2 Å². The molecule has 0 atom stereocenters. The first kappa shape index (κ1) is 19.6. The highest BCUT2D eigenvalue weighted by atomic mass is 32.1. The molecule has 1 aromatic heterocycles. The minimum absolute atomic E-state index is 0.0186. The highest BCUT2D eigenvalue weighted by molar-refractivity contribution is 7.10. The predicted octanol–water partition coefficient (Wildman–Crippen LogP) is 2.81. The highest BCUT2D eigenvalue weighted by Crippen LogP contribution is 2.27. The molecule has 1 saturated heterocycles. The third-order valence-electron chi connectivity index (χ3n) is 4.43. The van der Waals surface area contributed by atoms with Crippen molar-refractivity contribution < 1.29 is 9.53 Å². The fourth-order valence-corrected chi connectivity index (χ4v) is 3.71. The number of piperidine rings is 1. The molecule has 25 heavy (non-hydrogen) atoms. The van der Waals surface area contributed by atoms with Crippen LogP contribution in [0.25, 0.3) is 0 Å². The van der Waals surface area contributed by atoms with Gasteiger partial charge in [0.1, 0.15) is 0 Å². The topological polar surface area (TPSA) is 66.0 Å². The molecule has 6 nitrogen and oxygen atoms in total. The number of nitrogens with one attached hydrogen (secondary N) is 2. The molecule has 1 fully saturated rings. The number of methoxy groups -OCH3 is 1. The number of likely N-dealkylation sites (tertiary alicyclic amines) is 1. The van der Waals surface area contributed by atoms with Gasteiger partial charge in [-0.15, -0.1) is 11.3 Å². The van der Waals surface area contributed by atoms with E-state index in [2.05, 4.69) is 48.9 Å². The maximum atomic E-state index is 11.6. The van der Waals surface area contributed by atoms with Crippen LogP contribution in [0.15, 0.2) is 22.5 Å². The van der Waals surface area contributed by atoms with Crippen molar-refractivity contribution in [3.8, 4) is 0 Å². The van der Waals surface area contributed by atoms with Crippen LogP contribution in [0.4, 0.5) is 4.79 Å². The number of amides is 1. The van der Waals surface area contributed by atoms with E-state index >= 15 is 0 Å². The number of rotatable bonds is 5. The van der Waals surface area contributed by atoms with Gasteiger partial charge in [-0.1, -0.05) is 19.9 Å². The normalized spacial score (nSPS) is 16.6. The lowest BCUT2D eigenvalue weighted by Crippen LogP contribution is -2.50. The summed E-state index contributed by atoms with van der Waals surface area (Å²) in [5, 5.41) is 8.96. The summed E-state index contributed by atoms with van der Waals surface area (Å²) >= 11 is 1.78. The van der Waals surface area contributed by atoms with E-state index in [4.69, 9.17) is 9.73 Å². The van der Waals surface area contributed by atoms with Gasteiger partial charge in [0.25, 0.3) is 0 Å². The fraction of sp³-hybridized carbons (Fsp3) is 0.667. The van der Waals surface area contributed by atoms with Gasteiger partial charge in [-0.05, 0) is 31.2 Å². The number of hydrogen-bond acceptors (Lipinski definition) is 4. The number of aliphatic imine (C=N–C) groups is 1. The Labute approximate surface area is 154 Å². The third kappa shape index (κ3) is 5.63. The highest BCUT2D eigenvalue weighted by Gasteiger charge is 2.25. The number of ether oxygens (including phenoxy) is 1. The molecule has 0 aromatic carbocycles. The van der Waals surface area contributed by atoms with Crippen LogP contribution in [0.2, 0.25) is 0 Å². The van der Waals surface area contributed by atoms with Crippen molar-refractivity contribution in [2.24, 2.45) is 4.99 Å². The SMILES string of the molecule is CCNC(=NCC(C)(C)c1cccs1)NC1CCN(C(=O)OC)CC1. The van der Waals surface area contributed by atoms with Crippen molar-refractivity contribution in [2.75, 3.05) is 33.3 Å². The lowest BCUT2D eigenvalue weighted by atomic mass is 9.92. The molecule has 2 heterocycles. The van der Waals surface area contributed by atoms with E-state index in [9.17, 15) is 4.79 Å². The molecule has 0 spiro atoms. The van der Waals surface area contributed by atoms with Crippen molar-refractivity contribution in [1.82, 2.24) is 15.5 Å². The molecule has 2 rings (SSSR count). The van der Waals surface area contributed by atoms with E-state index in [1.807, 2.05) is 0 Å². The molecule has 0 unspecified atom stereocenters. The largest absolute Gasteiger partial charge is 0.453 e. The maximum Gasteiger partial charge on any atom is 0.409 e. The van der Waals surface area contributed by atoms with Crippen LogP contribution in [0.1, 0.15) is 38.5 Å². The van der Waals surface area contributed by atoms with E-state index in [-0.39, 0.29) is 11.5 Å². The van der Waals surface area contributed by atoms with Gasteiger partial charge < -0.3 is 20.3 Å². The zero-order chi connectivity index (χ0) is 18.3. The Bertz CT molecular complexity index is 564. The molecular weight excluding hydrogens is 336 g/mol. The smallest absolute Gasteiger partial charge is 0.409 e. The molecule has 1 aromatic rings. The minimum Gasteiger partial charge on any atom is -0.453 e. The zero-order valence-corrected chi connectivity index (χ0v) is 16.5. The van der Waals surface area contributed by atoms with Gasteiger partial charge in [-0.3, -0.25) is 4.99 Å². The van der Waals surface area contributed by atoms with Gasteiger partial charge >= 0.3 is 6.09 Å². The van der Waals surface area contributed by atoms with E-state index in [0.717, 1.165) is 31.9 Å². The Balaban J connectivity index is 1.91. The van der Waals surface area contributed by atoms with Crippen LogP contribution in [0.5, 0.6) is 0 Å². The maximum absolute atomic E-state index is 11.6. The second-order valence-electron chi connectivity index (χ2n) is 6.93. The average Bonchev–Trinajstić information content (AvgIpc) is 3.15. The first-order valence-electron chi connectivity index (χ1n) is 8.88. The van der Waals surface area contributed by atoms with Crippen molar-refractivity contribution in [3.05, 3.63) is 22.4 Å². The van der Waals surface area contributed by atoms with E-state index in [1.54, 1.807) is 16.2 Å². The summed E-state index contributed by atoms with van der Waals surface area (Å²) in [5.74, 6) is 0.851. The van der Waals surface area contributed by atoms with Crippen LogP contribution < -0.4 is 10.6 Å². The summed E-state index contributed by atoms with van der Waals surface area (Å²) in [6.07, 6.45) is 1.55. The van der Waals surface area contributed by atoms with Gasteiger partial charge in [-0.25, -0.2) is 4.79 Å². The molecule has 1 aliphatic rings. The van der Waals surface area contributed by atoms with E-state index < -0.39 is 0 Å². The molecule has 2 N–H and O–H groups in total. The van der Waals surface area contributed by atoms with Gasteiger partial charge in [0.05, 0.1) is 13.7 Å². The molecular formula is C18H30N4O2S. The summed E-state index contributed by atoms with van der Waals surface area (Å²) in [6.45, 7) is 9.49. The number of guanidine groups is 1. The molecule has 140 valence electrons. The number of nitrogens with zero attached hydrogens (tertiary/aromatic N) is 2. The summed E-state index contributed by atoms with van der Waals surface area (Å²) in [5.41, 5.74) is 0.0186. The Hall–Kier alpha value is -1.76. The molecule has 7 heteroatoms. The number of carbonyl (C=O) groups is 1. The second-order valence-corrected chi connectivity index (χ2v) is 7.88. The number of hydrogen-bond donors (Lipinski definition) is 2. The van der Waals surface area contributed by atoms with Crippen LogP contribution in [-0.4, -0.2) is 56.3 Å².